The largest absolute Gasteiger partial charge is 0.493 e. The Hall–Kier alpha value is -4.13. The molecule has 13 nitrogen and oxygen atoms in total. The Balaban J connectivity index is 1.50. The lowest BCUT2D eigenvalue weighted by molar-refractivity contribution is 0.0988. The van der Waals surface area contributed by atoms with Crippen molar-refractivity contribution in [1.29, 1.82) is 0 Å². The Morgan fingerprint density at radius 1 is 1.26 bits per heavy atom. The number of fused-ring (bicyclic) bond motifs is 1. The molecule has 0 spiro atoms. The van der Waals surface area contributed by atoms with Crippen molar-refractivity contribution in [2.45, 2.75) is 19.4 Å². The van der Waals surface area contributed by atoms with E-state index in [0.717, 1.165) is 25.9 Å². The molecule has 1 fully saturated rings. The molecule has 13 heteroatoms. The fourth-order valence-corrected chi connectivity index (χ4v) is 3.63. The SMILES string of the molecule is Nc1nonc1-n1nnc(C(=O)N=Nc2c(O)[nH]c3ccccc23)c1CN1CCCC1. The average molecular weight is 422 g/mol. The van der Waals surface area contributed by atoms with Gasteiger partial charge in [-0.2, -0.15) is 4.68 Å². The standard InChI is InChI=1S/C18H18N10O3/c19-15-16(25-31-24-15)28-12(9-27-7-3-4-8-27)14(22-26-28)18(30)23-21-13-10-5-1-2-6-11(10)20-17(13)29/h1-2,5-6,20,29H,3-4,7-9H2,(H2,19,24). The minimum absolute atomic E-state index is 0.0115. The van der Waals surface area contributed by atoms with Gasteiger partial charge in [0.15, 0.2) is 11.4 Å². The molecule has 0 radical (unpaired) electrons. The van der Waals surface area contributed by atoms with Crippen LogP contribution in [0.25, 0.3) is 16.7 Å². The van der Waals surface area contributed by atoms with Crippen LogP contribution in [0.1, 0.15) is 29.0 Å². The molecule has 31 heavy (non-hydrogen) atoms. The van der Waals surface area contributed by atoms with Gasteiger partial charge in [0.05, 0.1) is 11.2 Å². The van der Waals surface area contributed by atoms with Crippen molar-refractivity contribution < 1.29 is 14.5 Å². The van der Waals surface area contributed by atoms with E-state index in [2.05, 4.69) is 45.4 Å². The smallest absolute Gasteiger partial charge is 0.317 e. The van der Waals surface area contributed by atoms with E-state index < -0.39 is 5.91 Å². The van der Waals surface area contributed by atoms with Gasteiger partial charge >= 0.3 is 5.91 Å². The zero-order chi connectivity index (χ0) is 21.4. The Morgan fingerprint density at radius 3 is 2.84 bits per heavy atom. The van der Waals surface area contributed by atoms with Gasteiger partial charge in [-0.15, -0.1) is 15.3 Å². The van der Waals surface area contributed by atoms with Crippen LogP contribution in [0.3, 0.4) is 0 Å². The average Bonchev–Trinajstić information content (AvgIpc) is 3.54. The summed E-state index contributed by atoms with van der Waals surface area (Å²) in [6, 6.07) is 7.16. The summed E-state index contributed by atoms with van der Waals surface area (Å²) in [7, 11) is 0. The molecule has 0 unspecified atom stereocenters. The zero-order valence-corrected chi connectivity index (χ0v) is 16.3. The Bertz CT molecular complexity index is 1280. The highest BCUT2D eigenvalue weighted by Gasteiger charge is 2.26. The molecule has 4 N–H and O–H groups in total. The first-order valence-corrected chi connectivity index (χ1v) is 9.63. The van der Waals surface area contributed by atoms with E-state index in [1.807, 2.05) is 6.07 Å². The van der Waals surface area contributed by atoms with E-state index in [1.165, 1.54) is 4.68 Å². The lowest BCUT2D eigenvalue weighted by atomic mass is 10.2. The second-order valence-electron chi connectivity index (χ2n) is 7.13. The molecule has 1 aromatic carbocycles. The van der Waals surface area contributed by atoms with Crippen LogP contribution in [0.15, 0.2) is 39.1 Å². The molecular formula is C18H18N10O3. The molecule has 0 bridgehead atoms. The Kier molecular flexibility index (Phi) is 4.63. The normalized spacial score (nSPS) is 14.8. The molecule has 0 saturated carbocycles. The summed E-state index contributed by atoms with van der Waals surface area (Å²) in [4.78, 5) is 17.8. The molecule has 1 aliphatic rings. The molecule has 158 valence electrons. The van der Waals surface area contributed by atoms with E-state index in [4.69, 9.17) is 5.73 Å². The number of rotatable bonds is 5. The number of H-pyrrole nitrogens is 1. The molecule has 0 aliphatic carbocycles. The van der Waals surface area contributed by atoms with Gasteiger partial charge in [-0.1, -0.05) is 23.4 Å². The number of hydrogen-bond acceptors (Lipinski definition) is 10. The summed E-state index contributed by atoms with van der Waals surface area (Å²) in [5.41, 5.74) is 7.11. The number of aromatic nitrogens is 6. The number of para-hydroxylation sites is 1. The first-order valence-electron chi connectivity index (χ1n) is 9.63. The molecule has 1 amide bonds. The van der Waals surface area contributed by atoms with E-state index in [-0.39, 0.29) is 28.9 Å². The van der Waals surface area contributed by atoms with Crippen LogP contribution in [-0.2, 0) is 6.54 Å². The van der Waals surface area contributed by atoms with Gasteiger partial charge in [-0.05, 0) is 42.3 Å². The number of nitrogen functional groups attached to an aromatic ring is 1. The van der Waals surface area contributed by atoms with Gasteiger partial charge in [0.1, 0.15) is 0 Å². The van der Waals surface area contributed by atoms with E-state index >= 15 is 0 Å². The summed E-state index contributed by atoms with van der Waals surface area (Å²) < 4.78 is 5.99. The van der Waals surface area contributed by atoms with Crippen molar-refractivity contribution in [3.05, 3.63) is 35.7 Å². The molecule has 5 rings (SSSR count). The number of likely N-dealkylation sites (tertiary alicyclic amines) is 1. The molecule has 1 saturated heterocycles. The van der Waals surface area contributed by atoms with Crippen LogP contribution in [0.2, 0.25) is 0 Å². The molecule has 0 atom stereocenters. The van der Waals surface area contributed by atoms with Gasteiger partial charge in [0.25, 0.3) is 0 Å². The summed E-state index contributed by atoms with van der Waals surface area (Å²) in [6.07, 6.45) is 2.14. The van der Waals surface area contributed by atoms with Crippen LogP contribution in [0.4, 0.5) is 11.5 Å². The fraction of sp³-hybridized carbons (Fsp3) is 0.278. The maximum absolute atomic E-state index is 12.9. The van der Waals surface area contributed by atoms with Crippen molar-refractivity contribution >= 4 is 28.3 Å². The second-order valence-corrected chi connectivity index (χ2v) is 7.13. The summed E-state index contributed by atoms with van der Waals surface area (Å²) in [5.74, 6) is -0.718. The number of aromatic hydroxyl groups is 1. The van der Waals surface area contributed by atoms with Crippen molar-refractivity contribution in [2.75, 3.05) is 18.8 Å². The molecule has 1 aliphatic heterocycles. The number of benzene rings is 1. The van der Waals surface area contributed by atoms with Gasteiger partial charge in [-0.25, -0.2) is 4.63 Å². The molecular weight excluding hydrogens is 404 g/mol. The first-order chi connectivity index (χ1) is 15.1. The zero-order valence-electron chi connectivity index (χ0n) is 16.3. The fourth-order valence-electron chi connectivity index (χ4n) is 3.63. The van der Waals surface area contributed by atoms with E-state index in [1.54, 1.807) is 18.2 Å². The highest BCUT2D eigenvalue weighted by Crippen LogP contribution is 2.35. The number of carbonyl (C=O) groups is 1. The van der Waals surface area contributed by atoms with Gasteiger partial charge in [0, 0.05) is 11.9 Å². The third-order valence-corrected chi connectivity index (χ3v) is 5.13. The first kappa shape index (κ1) is 18.9. The second kappa shape index (κ2) is 7.60. The maximum atomic E-state index is 12.9. The number of carbonyl (C=O) groups excluding carboxylic acids is 1. The summed E-state index contributed by atoms with van der Waals surface area (Å²) >= 11 is 0. The van der Waals surface area contributed by atoms with E-state index in [0.29, 0.717) is 23.1 Å². The quantitative estimate of drug-likeness (QED) is 0.405. The van der Waals surface area contributed by atoms with Crippen molar-refractivity contribution in [3.8, 4) is 11.7 Å². The summed E-state index contributed by atoms with van der Waals surface area (Å²) in [5, 5.41) is 33.8. The third kappa shape index (κ3) is 3.40. The number of anilines is 1. The van der Waals surface area contributed by atoms with Gasteiger partial charge < -0.3 is 15.8 Å². The summed E-state index contributed by atoms with van der Waals surface area (Å²) in [6.45, 7) is 2.17. The highest BCUT2D eigenvalue weighted by molar-refractivity contribution is 5.96. The van der Waals surface area contributed by atoms with Crippen molar-refractivity contribution in [3.63, 3.8) is 0 Å². The third-order valence-electron chi connectivity index (χ3n) is 5.13. The number of amides is 1. The number of nitrogens with zero attached hydrogens (tertiary/aromatic N) is 8. The van der Waals surface area contributed by atoms with Gasteiger partial charge in [0.2, 0.25) is 17.5 Å². The number of nitrogens with one attached hydrogen (secondary N) is 1. The predicted octanol–water partition coefficient (Wildman–Crippen LogP) is 1.94. The van der Waals surface area contributed by atoms with Crippen LogP contribution in [-0.4, -0.2) is 59.3 Å². The minimum Gasteiger partial charge on any atom is -0.493 e. The van der Waals surface area contributed by atoms with Crippen molar-refractivity contribution in [2.24, 2.45) is 10.2 Å². The highest BCUT2D eigenvalue weighted by atomic mass is 16.6. The Labute approximate surface area is 174 Å². The van der Waals surface area contributed by atoms with Crippen LogP contribution >= 0.6 is 0 Å². The molecule has 4 aromatic rings. The topological polar surface area (TPSA) is 177 Å². The number of azo groups is 1. The monoisotopic (exact) mass is 422 g/mol. The molecule has 4 heterocycles. The van der Waals surface area contributed by atoms with Crippen molar-refractivity contribution in [1.82, 2.24) is 35.2 Å². The predicted molar refractivity (Wildman–Crippen MR) is 107 cm³/mol. The molecule has 3 aromatic heterocycles. The Morgan fingerprint density at radius 2 is 2.06 bits per heavy atom. The van der Waals surface area contributed by atoms with Gasteiger partial charge in [-0.3, -0.25) is 9.69 Å². The van der Waals surface area contributed by atoms with Crippen LogP contribution in [0.5, 0.6) is 5.88 Å². The van der Waals surface area contributed by atoms with Crippen LogP contribution < -0.4 is 5.73 Å². The maximum Gasteiger partial charge on any atom is 0.317 e. The number of nitrogens with two attached hydrogens (primary N) is 1. The minimum atomic E-state index is -0.708. The van der Waals surface area contributed by atoms with E-state index in [9.17, 15) is 9.90 Å². The van der Waals surface area contributed by atoms with Crippen LogP contribution in [0, 0.1) is 0 Å². The number of aromatic amines is 1. The number of hydrogen-bond donors (Lipinski definition) is 3. The lowest BCUT2D eigenvalue weighted by Crippen LogP contribution is -2.22. The lowest BCUT2D eigenvalue weighted by Gasteiger charge is -2.14.